The van der Waals surface area contributed by atoms with Crippen molar-refractivity contribution in [2.24, 2.45) is 17.6 Å². The molecule has 0 aromatic heterocycles. The third kappa shape index (κ3) is 5.03. The first kappa shape index (κ1) is 20.6. The van der Waals surface area contributed by atoms with Crippen molar-refractivity contribution in [3.8, 4) is 6.07 Å². The lowest BCUT2D eigenvalue weighted by atomic mass is 9.78. The van der Waals surface area contributed by atoms with Crippen LogP contribution >= 0.6 is 0 Å². The van der Waals surface area contributed by atoms with E-state index in [0.29, 0.717) is 0 Å². The molecule has 6 nitrogen and oxygen atoms in total. The molecule has 1 aromatic carbocycles. The van der Waals surface area contributed by atoms with E-state index in [1.54, 1.807) is 7.11 Å². The van der Waals surface area contributed by atoms with Gasteiger partial charge in [-0.15, -0.1) is 0 Å². The van der Waals surface area contributed by atoms with E-state index in [9.17, 15) is 10.1 Å². The molecule has 1 unspecified atom stereocenters. The van der Waals surface area contributed by atoms with Crippen molar-refractivity contribution < 1.29 is 9.53 Å². The van der Waals surface area contributed by atoms with Crippen molar-refractivity contribution in [2.45, 2.75) is 38.2 Å². The molecule has 0 bridgehead atoms. The number of primary amides is 1. The average Bonchev–Trinajstić information content (AvgIpc) is 2.74. The molecule has 1 aromatic rings. The Bertz CT molecular complexity index is 686. The fraction of sp³-hybridized carbons (Fsp3) is 0.636. The number of rotatable bonds is 7. The Balaban J connectivity index is 1.40. The number of carbonyl (C=O) groups is 1. The van der Waals surface area contributed by atoms with Crippen molar-refractivity contribution in [1.29, 1.82) is 5.26 Å². The lowest BCUT2D eigenvalue weighted by Gasteiger charge is -2.37. The molecule has 2 aliphatic rings. The average molecular weight is 385 g/mol. The van der Waals surface area contributed by atoms with Crippen LogP contribution in [0.25, 0.3) is 0 Å². The minimum atomic E-state index is -0.426. The fourth-order valence-electron chi connectivity index (χ4n) is 4.74. The first-order valence-electron chi connectivity index (χ1n) is 10.4. The molecule has 1 amide bonds. The molecule has 1 heterocycles. The van der Waals surface area contributed by atoms with Crippen LogP contribution in [-0.4, -0.2) is 56.7 Å². The van der Waals surface area contributed by atoms with Crippen molar-refractivity contribution in [2.75, 3.05) is 44.7 Å². The summed E-state index contributed by atoms with van der Waals surface area (Å²) in [5, 5.41) is 9.31. The monoisotopic (exact) mass is 384 g/mol. The number of hydrogen-bond donors (Lipinski definition) is 1. The van der Waals surface area contributed by atoms with Gasteiger partial charge in [0.2, 0.25) is 5.91 Å². The Hall–Kier alpha value is -2.10. The first-order chi connectivity index (χ1) is 13.6. The summed E-state index contributed by atoms with van der Waals surface area (Å²) in [4.78, 5) is 16.4. The largest absolute Gasteiger partial charge is 0.371 e. The highest BCUT2D eigenvalue weighted by atomic mass is 16.5. The molecule has 3 rings (SSSR count). The molecule has 6 heteroatoms. The van der Waals surface area contributed by atoms with Gasteiger partial charge in [0.25, 0.3) is 0 Å². The summed E-state index contributed by atoms with van der Waals surface area (Å²) in [7, 11) is 1.58. The van der Waals surface area contributed by atoms with Crippen LogP contribution < -0.4 is 10.6 Å². The minimum absolute atomic E-state index is 0.280. The van der Waals surface area contributed by atoms with Crippen LogP contribution in [0.4, 0.5) is 5.69 Å². The molecule has 2 fully saturated rings. The molecule has 0 radical (unpaired) electrons. The molecular formula is C22H32N4O2. The molecule has 1 aliphatic heterocycles. The van der Waals surface area contributed by atoms with E-state index in [2.05, 4.69) is 15.9 Å². The fourth-order valence-corrected chi connectivity index (χ4v) is 4.74. The Morgan fingerprint density at radius 3 is 2.50 bits per heavy atom. The maximum Gasteiger partial charge on any atom is 0.246 e. The molecule has 1 atom stereocenters. The third-order valence-electron chi connectivity index (χ3n) is 6.44. The van der Waals surface area contributed by atoms with Crippen LogP contribution in [0.2, 0.25) is 0 Å². The second-order valence-electron chi connectivity index (χ2n) is 8.09. The summed E-state index contributed by atoms with van der Waals surface area (Å²) in [5.41, 5.74) is 7.27. The van der Waals surface area contributed by atoms with Gasteiger partial charge in [0, 0.05) is 33.3 Å². The number of benzene rings is 1. The molecule has 1 saturated heterocycles. The lowest BCUT2D eigenvalue weighted by Crippen LogP contribution is -2.47. The third-order valence-corrected chi connectivity index (χ3v) is 6.44. The van der Waals surface area contributed by atoms with Gasteiger partial charge in [-0.1, -0.05) is 25.0 Å². The van der Waals surface area contributed by atoms with Crippen LogP contribution in [0.15, 0.2) is 24.3 Å². The van der Waals surface area contributed by atoms with Crippen molar-refractivity contribution >= 4 is 11.6 Å². The number of piperazine rings is 1. The van der Waals surface area contributed by atoms with Crippen LogP contribution in [-0.2, 0) is 9.53 Å². The molecule has 2 N–H and O–H groups in total. The molecule has 0 spiro atoms. The molecule has 1 aliphatic carbocycles. The highest BCUT2D eigenvalue weighted by Crippen LogP contribution is 2.33. The number of anilines is 1. The summed E-state index contributed by atoms with van der Waals surface area (Å²) in [5.74, 6) is 0.684. The minimum Gasteiger partial charge on any atom is -0.371 e. The van der Waals surface area contributed by atoms with Gasteiger partial charge >= 0.3 is 0 Å². The standard InChI is InChI=1S/C22H32N4O2/c1-28-21(22(24)27)18-8-6-17(7-9-18)10-11-25-12-14-26(15-13-25)20-5-3-2-4-19(20)16-23/h2-5,17-18,21H,6-15H2,1H3,(H2,24,27). The molecule has 152 valence electrons. The van der Waals surface area contributed by atoms with E-state index in [-0.39, 0.29) is 11.8 Å². The predicted octanol–water partition coefficient (Wildman–Crippen LogP) is 2.38. The van der Waals surface area contributed by atoms with E-state index in [1.807, 2.05) is 24.3 Å². The van der Waals surface area contributed by atoms with Gasteiger partial charge in [0.15, 0.2) is 0 Å². The summed E-state index contributed by atoms with van der Waals surface area (Å²) in [6, 6.07) is 10.2. The zero-order valence-electron chi connectivity index (χ0n) is 16.8. The topological polar surface area (TPSA) is 82.6 Å². The summed E-state index contributed by atoms with van der Waals surface area (Å²) in [6.07, 6.45) is 5.18. The number of para-hydroxylation sites is 1. The zero-order chi connectivity index (χ0) is 19.9. The summed E-state index contributed by atoms with van der Waals surface area (Å²) in [6.45, 7) is 5.16. The van der Waals surface area contributed by atoms with Crippen LogP contribution in [0.3, 0.4) is 0 Å². The van der Waals surface area contributed by atoms with E-state index in [4.69, 9.17) is 10.5 Å². The molecule has 1 saturated carbocycles. The van der Waals surface area contributed by atoms with Gasteiger partial charge in [-0.05, 0) is 49.8 Å². The molecular weight excluding hydrogens is 352 g/mol. The number of amides is 1. The zero-order valence-corrected chi connectivity index (χ0v) is 16.8. The quantitative estimate of drug-likeness (QED) is 0.780. The SMILES string of the molecule is COC(C(N)=O)C1CCC(CCN2CCN(c3ccccc3C#N)CC2)CC1. The maximum absolute atomic E-state index is 11.5. The number of nitrogens with two attached hydrogens (primary N) is 1. The number of ether oxygens (including phenoxy) is 1. The molecule has 28 heavy (non-hydrogen) atoms. The van der Waals surface area contributed by atoms with Gasteiger partial charge in [-0.3, -0.25) is 9.69 Å². The van der Waals surface area contributed by atoms with Gasteiger partial charge < -0.3 is 15.4 Å². The van der Waals surface area contributed by atoms with Crippen molar-refractivity contribution in [3.63, 3.8) is 0 Å². The second kappa shape index (κ2) is 9.90. The Morgan fingerprint density at radius 2 is 1.89 bits per heavy atom. The number of methoxy groups -OCH3 is 1. The number of nitriles is 1. The Labute approximate surface area is 168 Å². The van der Waals surface area contributed by atoms with Crippen LogP contribution in [0.1, 0.15) is 37.7 Å². The summed E-state index contributed by atoms with van der Waals surface area (Å²) < 4.78 is 5.30. The van der Waals surface area contributed by atoms with E-state index in [1.165, 1.54) is 6.42 Å². The highest BCUT2D eigenvalue weighted by Gasteiger charge is 2.31. The second-order valence-corrected chi connectivity index (χ2v) is 8.09. The van der Waals surface area contributed by atoms with Gasteiger partial charge in [0.1, 0.15) is 12.2 Å². The van der Waals surface area contributed by atoms with E-state index >= 15 is 0 Å². The van der Waals surface area contributed by atoms with E-state index in [0.717, 1.165) is 75.6 Å². The van der Waals surface area contributed by atoms with Crippen molar-refractivity contribution in [1.82, 2.24) is 4.90 Å². The summed E-state index contributed by atoms with van der Waals surface area (Å²) >= 11 is 0. The Morgan fingerprint density at radius 1 is 1.21 bits per heavy atom. The normalized spacial score (nSPS) is 24.5. The first-order valence-corrected chi connectivity index (χ1v) is 10.4. The van der Waals surface area contributed by atoms with Crippen LogP contribution in [0, 0.1) is 23.2 Å². The highest BCUT2D eigenvalue weighted by molar-refractivity contribution is 5.79. The lowest BCUT2D eigenvalue weighted by molar-refractivity contribution is -0.131. The smallest absolute Gasteiger partial charge is 0.246 e. The maximum atomic E-state index is 11.5. The van der Waals surface area contributed by atoms with E-state index < -0.39 is 6.10 Å². The van der Waals surface area contributed by atoms with Crippen molar-refractivity contribution in [3.05, 3.63) is 29.8 Å². The Kier molecular flexibility index (Phi) is 7.30. The van der Waals surface area contributed by atoms with Gasteiger partial charge in [-0.25, -0.2) is 0 Å². The van der Waals surface area contributed by atoms with Gasteiger partial charge in [-0.2, -0.15) is 5.26 Å². The van der Waals surface area contributed by atoms with Gasteiger partial charge in [0.05, 0.1) is 11.3 Å². The number of hydrogen-bond acceptors (Lipinski definition) is 5. The predicted molar refractivity (Wildman–Crippen MR) is 110 cm³/mol. The van der Waals surface area contributed by atoms with Crippen LogP contribution in [0.5, 0.6) is 0 Å². The number of carbonyl (C=O) groups excluding carboxylic acids is 1. The number of nitrogens with zero attached hydrogens (tertiary/aromatic N) is 3.